The van der Waals surface area contributed by atoms with Crippen molar-refractivity contribution in [1.82, 2.24) is 0 Å². The Morgan fingerprint density at radius 3 is 2.85 bits per heavy atom. The molecule has 0 saturated heterocycles. The quantitative estimate of drug-likeness (QED) is 0.420. The number of rotatable bonds is 7. The van der Waals surface area contributed by atoms with Crippen LogP contribution in [-0.4, -0.2) is 39.8 Å². The summed E-state index contributed by atoms with van der Waals surface area (Å²) in [5, 5.41) is 18.6. The summed E-state index contributed by atoms with van der Waals surface area (Å²) in [7, 11) is 0. The molecule has 4 heteroatoms. The van der Waals surface area contributed by atoms with E-state index in [2.05, 4.69) is 28.9 Å². The largest absolute Gasteiger partial charge is 0.394 e. The molecular weight excluding hydrogens is 252 g/mol. The van der Waals surface area contributed by atoms with Crippen LogP contribution in [0.5, 0.6) is 0 Å². The van der Waals surface area contributed by atoms with Gasteiger partial charge in [-0.15, -0.1) is 0 Å². The van der Waals surface area contributed by atoms with Crippen LogP contribution in [0.4, 0.5) is 0 Å². The van der Waals surface area contributed by atoms with Crippen molar-refractivity contribution in [3.8, 4) is 0 Å². The van der Waals surface area contributed by atoms with Crippen molar-refractivity contribution in [3.05, 3.63) is 11.6 Å². The molecule has 13 heavy (non-hydrogen) atoms. The molecule has 0 aromatic heterocycles. The predicted octanol–water partition coefficient (Wildman–Crippen LogP) is 1.80. The highest BCUT2D eigenvalue weighted by Gasteiger charge is 1.99. The van der Waals surface area contributed by atoms with Crippen molar-refractivity contribution in [2.75, 3.05) is 23.4 Å². The first kappa shape index (κ1) is 13.5. The molecule has 0 aromatic carbocycles. The third-order valence-corrected chi connectivity index (χ3v) is 2.98. The van der Waals surface area contributed by atoms with E-state index in [1.165, 1.54) is 5.57 Å². The maximum absolute atomic E-state index is 9.03. The maximum atomic E-state index is 9.03. The fourth-order valence-corrected chi connectivity index (χ4v) is 2.25. The topological polar surface area (TPSA) is 40.5 Å². The number of hydrogen-bond acceptors (Lipinski definition) is 3. The number of halogens is 1. The first-order valence-electron chi connectivity index (χ1n) is 4.29. The number of aliphatic hydroxyl groups excluding tert-OH is 2. The second kappa shape index (κ2) is 9.06. The molecule has 1 atom stereocenters. The van der Waals surface area contributed by atoms with Gasteiger partial charge in [0, 0.05) is 16.8 Å². The molecule has 0 heterocycles. The SMILES string of the molecule is C/C(=C\CSCC(O)CO)CCBr. The highest BCUT2D eigenvalue weighted by Crippen LogP contribution is 2.08. The number of thioether (sulfide) groups is 1. The van der Waals surface area contributed by atoms with Crippen LogP contribution in [0, 0.1) is 0 Å². The Morgan fingerprint density at radius 2 is 2.31 bits per heavy atom. The third-order valence-electron chi connectivity index (χ3n) is 1.56. The van der Waals surface area contributed by atoms with Gasteiger partial charge in [-0.1, -0.05) is 27.6 Å². The molecule has 2 N–H and O–H groups in total. The minimum absolute atomic E-state index is 0.142. The highest BCUT2D eigenvalue weighted by atomic mass is 79.9. The van der Waals surface area contributed by atoms with Gasteiger partial charge in [-0.05, 0) is 13.3 Å². The fourth-order valence-electron chi connectivity index (χ4n) is 0.709. The Morgan fingerprint density at radius 1 is 1.62 bits per heavy atom. The lowest BCUT2D eigenvalue weighted by molar-refractivity contribution is 0.113. The normalized spacial score (nSPS) is 14.6. The maximum Gasteiger partial charge on any atom is 0.0861 e. The van der Waals surface area contributed by atoms with E-state index in [9.17, 15) is 0 Å². The van der Waals surface area contributed by atoms with Crippen LogP contribution in [0.15, 0.2) is 11.6 Å². The zero-order chi connectivity index (χ0) is 10.1. The number of aliphatic hydroxyl groups is 2. The zero-order valence-corrected chi connectivity index (χ0v) is 10.3. The van der Waals surface area contributed by atoms with E-state index in [1.807, 2.05) is 0 Å². The summed E-state index contributed by atoms with van der Waals surface area (Å²) in [6.07, 6.45) is 2.66. The van der Waals surface area contributed by atoms with Crippen molar-refractivity contribution in [1.29, 1.82) is 0 Å². The summed E-state index contributed by atoms with van der Waals surface area (Å²) in [5.74, 6) is 1.52. The van der Waals surface area contributed by atoms with Crippen molar-refractivity contribution in [2.24, 2.45) is 0 Å². The summed E-state index contributed by atoms with van der Waals surface area (Å²) in [6, 6.07) is 0. The lowest BCUT2D eigenvalue weighted by Crippen LogP contribution is -2.14. The van der Waals surface area contributed by atoms with Crippen LogP contribution < -0.4 is 0 Å². The summed E-state index contributed by atoms with van der Waals surface area (Å²) in [5.41, 5.74) is 1.36. The Hall–Kier alpha value is 0.490. The zero-order valence-electron chi connectivity index (χ0n) is 7.87. The summed E-state index contributed by atoms with van der Waals surface area (Å²) in [4.78, 5) is 0. The molecule has 0 radical (unpaired) electrons. The van der Waals surface area contributed by atoms with Gasteiger partial charge in [-0.2, -0.15) is 11.8 Å². The van der Waals surface area contributed by atoms with Gasteiger partial charge in [-0.25, -0.2) is 0 Å². The van der Waals surface area contributed by atoms with Crippen LogP contribution in [0.3, 0.4) is 0 Å². The van der Waals surface area contributed by atoms with Gasteiger partial charge in [-0.3, -0.25) is 0 Å². The minimum atomic E-state index is -0.574. The van der Waals surface area contributed by atoms with Crippen LogP contribution in [0.2, 0.25) is 0 Å². The number of alkyl halides is 1. The minimum Gasteiger partial charge on any atom is -0.394 e. The van der Waals surface area contributed by atoms with E-state index in [0.717, 1.165) is 17.5 Å². The molecule has 1 unspecified atom stereocenters. The molecule has 2 nitrogen and oxygen atoms in total. The first-order chi connectivity index (χ1) is 6.20. The van der Waals surface area contributed by atoms with E-state index in [4.69, 9.17) is 10.2 Å². The van der Waals surface area contributed by atoms with E-state index in [0.29, 0.717) is 5.75 Å². The van der Waals surface area contributed by atoms with E-state index in [-0.39, 0.29) is 6.61 Å². The Kier molecular flexibility index (Phi) is 9.40. The second-order valence-corrected chi connectivity index (χ2v) is 4.73. The summed E-state index contributed by atoms with van der Waals surface area (Å²) in [6.45, 7) is 1.96. The lowest BCUT2D eigenvalue weighted by Gasteiger charge is -2.04. The molecule has 0 bridgehead atoms. The van der Waals surface area contributed by atoms with Gasteiger partial charge in [0.05, 0.1) is 12.7 Å². The molecule has 0 rings (SSSR count). The van der Waals surface area contributed by atoms with Gasteiger partial charge < -0.3 is 10.2 Å². The van der Waals surface area contributed by atoms with Crippen LogP contribution in [0.25, 0.3) is 0 Å². The molecule has 0 aromatic rings. The van der Waals surface area contributed by atoms with Crippen LogP contribution in [0.1, 0.15) is 13.3 Å². The first-order valence-corrected chi connectivity index (χ1v) is 6.56. The molecular formula is C9H17BrO2S. The standard InChI is InChI=1S/C9H17BrO2S/c1-8(2-4-10)3-5-13-7-9(12)6-11/h3,9,11-12H,2,4-7H2,1H3/b8-3+. The average Bonchev–Trinajstić information content (AvgIpc) is 2.12. The van der Waals surface area contributed by atoms with Crippen molar-refractivity contribution in [3.63, 3.8) is 0 Å². The highest BCUT2D eigenvalue weighted by molar-refractivity contribution is 9.09. The average molecular weight is 269 g/mol. The lowest BCUT2D eigenvalue weighted by atomic mass is 10.2. The van der Waals surface area contributed by atoms with E-state index >= 15 is 0 Å². The van der Waals surface area contributed by atoms with Gasteiger partial charge in [0.25, 0.3) is 0 Å². The molecule has 0 aliphatic carbocycles. The summed E-state index contributed by atoms with van der Waals surface area (Å²) < 4.78 is 0. The van der Waals surface area contributed by atoms with Gasteiger partial charge in [0.1, 0.15) is 0 Å². The second-order valence-electron chi connectivity index (χ2n) is 2.86. The Bertz CT molecular complexity index is 151. The van der Waals surface area contributed by atoms with Gasteiger partial charge in [0.15, 0.2) is 0 Å². The van der Waals surface area contributed by atoms with Crippen molar-refractivity contribution < 1.29 is 10.2 Å². The third kappa shape index (κ3) is 8.81. The van der Waals surface area contributed by atoms with Crippen LogP contribution >= 0.6 is 27.7 Å². The summed E-state index contributed by atoms with van der Waals surface area (Å²) >= 11 is 5.01. The smallest absolute Gasteiger partial charge is 0.0861 e. The molecule has 0 saturated carbocycles. The molecule has 0 fully saturated rings. The molecule has 0 aliphatic rings. The van der Waals surface area contributed by atoms with Crippen LogP contribution in [-0.2, 0) is 0 Å². The van der Waals surface area contributed by atoms with Gasteiger partial charge in [0.2, 0.25) is 0 Å². The van der Waals surface area contributed by atoms with Crippen molar-refractivity contribution >= 4 is 27.7 Å². The van der Waals surface area contributed by atoms with E-state index < -0.39 is 6.10 Å². The predicted molar refractivity (Wildman–Crippen MR) is 62.6 cm³/mol. The Balaban J connectivity index is 3.38. The monoisotopic (exact) mass is 268 g/mol. The van der Waals surface area contributed by atoms with Gasteiger partial charge >= 0.3 is 0 Å². The molecule has 0 spiro atoms. The molecule has 0 aliphatic heterocycles. The number of allylic oxidation sites excluding steroid dienone is 1. The molecule has 78 valence electrons. The molecule has 0 amide bonds. The van der Waals surface area contributed by atoms with E-state index in [1.54, 1.807) is 11.8 Å². The Labute approximate surface area is 92.5 Å². The number of hydrogen-bond donors (Lipinski definition) is 2. The van der Waals surface area contributed by atoms with Crippen molar-refractivity contribution in [2.45, 2.75) is 19.4 Å². The fraction of sp³-hybridized carbons (Fsp3) is 0.778.